The Kier molecular flexibility index (Phi) is 3.20. The molecular weight excluding hydrogens is 241 g/mol. The molecule has 0 saturated carbocycles. The molecule has 0 fully saturated rings. The summed E-state index contributed by atoms with van der Waals surface area (Å²) in [4.78, 5) is 35.5. The fourth-order valence-electron chi connectivity index (χ4n) is 1.85. The Morgan fingerprint density at radius 2 is 2.11 bits per heavy atom. The van der Waals surface area contributed by atoms with Gasteiger partial charge in [0.25, 0.3) is 11.7 Å². The van der Waals surface area contributed by atoms with E-state index in [2.05, 4.69) is 4.74 Å². The van der Waals surface area contributed by atoms with Gasteiger partial charge in [0, 0.05) is 7.11 Å². The summed E-state index contributed by atoms with van der Waals surface area (Å²) >= 11 is 0. The van der Waals surface area contributed by atoms with Crippen LogP contribution in [0.4, 0.5) is 10.1 Å². The summed E-state index contributed by atoms with van der Waals surface area (Å²) in [5.41, 5.74) is -0.137. The Labute approximate surface area is 102 Å². The van der Waals surface area contributed by atoms with Crippen LogP contribution in [0.1, 0.15) is 10.4 Å². The fraction of sp³-hybridized carbons (Fsp3) is 0.250. The van der Waals surface area contributed by atoms with Gasteiger partial charge in [0.1, 0.15) is 12.4 Å². The summed E-state index contributed by atoms with van der Waals surface area (Å²) in [6, 6.07) is 3.85. The molecule has 94 valence electrons. The molecule has 18 heavy (non-hydrogen) atoms. The van der Waals surface area contributed by atoms with E-state index in [9.17, 15) is 18.8 Å². The van der Waals surface area contributed by atoms with Gasteiger partial charge in [-0.25, -0.2) is 4.39 Å². The first kappa shape index (κ1) is 12.4. The van der Waals surface area contributed by atoms with Crippen molar-refractivity contribution in [2.24, 2.45) is 0 Å². The van der Waals surface area contributed by atoms with Crippen LogP contribution in [0.15, 0.2) is 18.2 Å². The van der Waals surface area contributed by atoms with Crippen LogP contribution in [-0.2, 0) is 14.3 Å². The summed E-state index contributed by atoms with van der Waals surface area (Å²) in [5.74, 6) is -2.79. The number of amides is 1. The SMILES string of the molecule is COCC(=O)CN1C(=O)C(=O)c2cccc(F)c21. The number of rotatable bonds is 4. The van der Waals surface area contributed by atoms with Crippen molar-refractivity contribution in [2.75, 3.05) is 25.2 Å². The van der Waals surface area contributed by atoms with Crippen molar-refractivity contribution in [3.8, 4) is 0 Å². The van der Waals surface area contributed by atoms with Crippen LogP contribution < -0.4 is 4.90 Å². The number of carbonyl (C=O) groups excluding carboxylic acids is 3. The molecule has 2 rings (SSSR count). The number of ketones is 2. The van der Waals surface area contributed by atoms with Crippen molar-refractivity contribution < 1.29 is 23.5 Å². The zero-order valence-corrected chi connectivity index (χ0v) is 9.60. The van der Waals surface area contributed by atoms with Gasteiger partial charge < -0.3 is 4.74 Å². The molecule has 0 N–H and O–H groups in total. The molecule has 1 heterocycles. The van der Waals surface area contributed by atoms with Gasteiger partial charge in [-0.3, -0.25) is 19.3 Å². The first-order valence-corrected chi connectivity index (χ1v) is 5.21. The molecule has 1 aromatic carbocycles. The number of carbonyl (C=O) groups is 3. The quantitative estimate of drug-likeness (QED) is 0.734. The molecule has 0 spiro atoms. The van der Waals surface area contributed by atoms with Crippen molar-refractivity contribution in [3.63, 3.8) is 0 Å². The number of hydrogen-bond acceptors (Lipinski definition) is 4. The molecule has 5 nitrogen and oxygen atoms in total. The maximum absolute atomic E-state index is 13.6. The van der Waals surface area contributed by atoms with Gasteiger partial charge in [0.15, 0.2) is 5.78 Å². The number of halogens is 1. The second kappa shape index (κ2) is 4.66. The molecule has 0 radical (unpaired) electrons. The Balaban J connectivity index is 2.36. The lowest BCUT2D eigenvalue weighted by Crippen LogP contribution is -2.36. The van der Waals surface area contributed by atoms with E-state index in [1.54, 1.807) is 0 Å². The van der Waals surface area contributed by atoms with E-state index in [-0.39, 0.29) is 24.4 Å². The van der Waals surface area contributed by atoms with Crippen LogP contribution in [-0.4, -0.2) is 37.7 Å². The minimum absolute atomic E-state index is 0.00906. The number of nitrogens with zero attached hydrogens (tertiary/aromatic N) is 1. The lowest BCUT2D eigenvalue weighted by Gasteiger charge is -2.15. The van der Waals surface area contributed by atoms with Crippen LogP contribution in [0, 0.1) is 5.82 Å². The van der Waals surface area contributed by atoms with Crippen molar-refractivity contribution in [1.82, 2.24) is 0 Å². The van der Waals surface area contributed by atoms with Crippen LogP contribution in [0.5, 0.6) is 0 Å². The number of hydrogen-bond donors (Lipinski definition) is 0. The minimum Gasteiger partial charge on any atom is -0.377 e. The summed E-state index contributed by atoms with van der Waals surface area (Å²) in [6.45, 7) is -0.561. The lowest BCUT2D eigenvalue weighted by molar-refractivity contribution is -0.123. The smallest absolute Gasteiger partial charge is 0.299 e. The second-order valence-corrected chi connectivity index (χ2v) is 3.83. The summed E-state index contributed by atoms with van der Waals surface area (Å²) in [6.07, 6.45) is 0. The molecule has 1 aliphatic heterocycles. The molecule has 6 heteroatoms. The molecule has 1 amide bonds. The second-order valence-electron chi connectivity index (χ2n) is 3.83. The van der Waals surface area contributed by atoms with Crippen LogP contribution in [0.25, 0.3) is 0 Å². The largest absolute Gasteiger partial charge is 0.377 e. The predicted octanol–water partition coefficient (Wildman–Crippen LogP) is 0.570. The highest BCUT2D eigenvalue weighted by molar-refractivity contribution is 6.52. The summed E-state index contributed by atoms with van der Waals surface area (Å²) in [7, 11) is 1.34. The van der Waals surface area contributed by atoms with Gasteiger partial charge >= 0.3 is 0 Å². The number of fused-ring (bicyclic) bond motifs is 1. The highest BCUT2D eigenvalue weighted by atomic mass is 19.1. The Bertz CT molecular complexity index is 541. The van der Waals surface area contributed by atoms with Gasteiger partial charge in [0.2, 0.25) is 0 Å². The number of methoxy groups -OCH3 is 1. The number of Topliss-reactive ketones (excluding diaryl/α,β-unsaturated/α-hetero) is 2. The molecule has 0 bridgehead atoms. The van der Waals surface area contributed by atoms with E-state index in [0.29, 0.717) is 0 Å². The number of benzene rings is 1. The molecule has 0 atom stereocenters. The van der Waals surface area contributed by atoms with Crippen molar-refractivity contribution in [1.29, 1.82) is 0 Å². The zero-order valence-electron chi connectivity index (χ0n) is 9.60. The first-order chi connectivity index (χ1) is 8.56. The molecule has 1 aromatic rings. The highest BCUT2D eigenvalue weighted by Gasteiger charge is 2.38. The molecule has 0 aromatic heterocycles. The lowest BCUT2D eigenvalue weighted by atomic mass is 10.1. The minimum atomic E-state index is -0.889. The normalized spacial score (nSPS) is 14.0. The topological polar surface area (TPSA) is 63.7 Å². The van der Waals surface area contributed by atoms with E-state index in [1.807, 2.05) is 0 Å². The fourth-order valence-corrected chi connectivity index (χ4v) is 1.85. The monoisotopic (exact) mass is 251 g/mol. The Morgan fingerprint density at radius 1 is 1.39 bits per heavy atom. The van der Waals surface area contributed by atoms with Gasteiger partial charge in [-0.05, 0) is 12.1 Å². The maximum atomic E-state index is 13.6. The van der Waals surface area contributed by atoms with Crippen LogP contribution >= 0.6 is 0 Å². The number of para-hydroxylation sites is 1. The summed E-state index contributed by atoms with van der Waals surface area (Å²) < 4.78 is 18.3. The average Bonchev–Trinajstić information content (AvgIpc) is 2.56. The molecular formula is C12H10FNO4. The first-order valence-electron chi connectivity index (χ1n) is 5.21. The summed E-state index contributed by atoms with van der Waals surface area (Å²) in [5, 5.41) is 0. The third kappa shape index (κ3) is 1.91. The standard InChI is InChI=1S/C12H10FNO4/c1-18-6-7(15)5-14-10-8(11(16)12(14)17)3-2-4-9(10)13/h2-4H,5-6H2,1H3. The van der Waals surface area contributed by atoms with Gasteiger partial charge in [0.05, 0.1) is 17.8 Å². The van der Waals surface area contributed by atoms with Gasteiger partial charge in [-0.2, -0.15) is 0 Å². The number of ether oxygens (including phenoxy) is 1. The van der Waals surface area contributed by atoms with Gasteiger partial charge in [-0.15, -0.1) is 0 Å². The van der Waals surface area contributed by atoms with Gasteiger partial charge in [-0.1, -0.05) is 6.07 Å². The predicted molar refractivity (Wildman–Crippen MR) is 60.0 cm³/mol. The van der Waals surface area contributed by atoms with Crippen LogP contribution in [0.2, 0.25) is 0 Å². The van der Waals surface area contributed by atoms with Crippen LogP contribution in [0.3, 0.4) is 0 Å². The van der Waals surface area contributed by atoms with Crippen molar-refractivity contribution >= 4 is 23.2 Å². The third-order valence-corrected chi connectivity index (χ3v) is 2.58. The third-order valence-electron chi connectivity index (χ3n) is 2.58. The Morgan fingerprint density at radius 3 is 2.78 bits per heavy atom. The molecule has 0 unspecified atom stereocenters. The average molecular weight is 251 g/mol. The van der Waals surface area contributed by atoms with E-state index in [1.165, 1.54) is 19.2 Å². The Hall–Kier alpha value is -2.08. The van der Waals surface area contributed by atoms with E-state index >= 15 is 0 Å². The van der Waals surface area contributed by atoms with E-state index in [4.69, 9.17) is 0 Å². The van der Waals surface area contributed by atoms with Crippen molar-refractivity contribution in [3.05, 3.63) is 29.6 Å². The number of anilines is 1. The maximum Gasteiger partial charge on any atom is 0.299 e. The van der Waals surface area contributed by atoms with Crippen molar-refractivity contribution in [2.45, 2.75) is 0 Å². The van der Waals surface area contributed by atoms with E-state index < -0.39 is 23.3 Å². The molecule has 1 aliphatic rings. The van der Waals surface area contributed by atoms with E-state index in [0.717, 1.165) is 11.0 Å². The zero-order chi connectivity index (χ0) is 13.3. The highest BCUT2D eigenvalue weighted by Crippen LogP contribution is 2.31. The molecule has 0 aliphatic carbocycles. The molecule has 0 saturated heterocycles.